The number of ether oxygens (including phenoxy) is 1. The van der Waals surface area contributed by atoms with E-state index in [0.29, 0.717) is 11.7 Å². The third-order valence-corrected chi connectivity index (χ3v) is 1.42. The van der Waals surface area contributed by atoms with Crippen molar-refractivity contribution in [3.8, 4) is 0 Å². The van der Waals surface area contributed by atoms with Gasteiger partial charge in [-0.2, -0.15) is 0 Å². The normalized spacial score (nSPS) is 41.9. The second-order valence-electron chi connectivity index (χ2n) is 2.18. The first-order valence-electron chi connectivity index (χ1n) is 2.64. The van der Waals surface area contributed by atoms with Gasteiger partial charge in [-0.05, 0) is 11.7 Å². The lowest BCUT2D eigenvalue weighted by Crippen LogP contribution is -1.99. The van der Waals surface area contributed by atoms with Crippen LogP contribution in [0.3, 0.4) is 0 Å². The van der Waals surface area contributed by atoms with Crippen molar-refractivity contribution < 1.29 is 4.74 Å². The molecular formula is C5H9BO. The van der Waals surface area contributed by atoms with Gasteiger partial charge in [0.05, 0.1) is 7.85 Å². The molecule has 1 saturated heterocycles. The summed E-state index contributed by atoms with van der Waals surface area (Å²) >= 11 is 0. The van der Waals surface area contributed by atoms with Crippen LogP contribution in [-0.2, 0) is 4.74 Å². The van der Waals surface area contributed by atoms with Gasteiger partial charge in [0.15, 0.2) is 0 Å². The Morgan fingerprint density at radius 2 is 2.29 bits per heavy atom. The lowest BCUT2D eigenvalue weighted by atomic mass is 9.80. The van der Waals surface area contributed by atoms with E-state index in [1.807, 2.05) is 0 Å². The van der Waals surface area contributed by atoms with Crippen molar-refractivity contribution in [3.05, 3.63) is 0 Å². The number of hydrogen-bond acceptors (Lipinski definition) is 1. The van der Waals surface area contributed by atoms with E-state index in [4.69, 9.17) is 12.6 Å². The van der Waals surface area contributed by atoms with Crippen LogP contribution in [0.4, 0.5) is 0 Å². The topological polar surface area (TPSA) is 9.23 Å². The van der Waals surface area contributed by atoms with E-state index in [2.05, 4.69) is 6.92 Å². The molecular weight excluding hydrogens is 86.9 g/mol. The largest absolute Gasteiger partial charge is 0.382 e. The lowest BCUT2D eigenvalue weighted by Gasteiger charge is -2.02. The number of rotatable bonds is 0. The summed E-state index contributed by atoms with van der Waals surface area (Å²) < 4.78 is 5.04. The molecule has 2 radical (unpaired) electrons. The van der Waals surface area contributed by atoms with Crippen molar-refractivity contribution in [1.29, 1.82) is 0 Å². The molecule has 0 aromatic rings. The molecule has 0 aromatic carbocycles. The number of hydrogen-bond donors (Lipinski definition) is 0. The fourth-order valence-corrected chi connectivity index (χ4v) is 0.678. The van der Waals surface area contributed by atoms with E-state index in [1.54, 1.807) is 0 Å². The summed E-state index contributed by atoms with van der Waals surface area (Å²) in [5.41, 5.74) is 0. The maximum atomic E-state index is 5.55. The SMILES string of the molecule is [B][C@@H]1COC[C@@H]1C. The molecule has 0 aliphatic carbocycles. The highest BCUT2D eigenvalue weighted by atomic mass is 16.5. The quantitative estimate of drug-likeness (QED) is 0.401. The minimum atomic E-state index is 0.292. The van der Waals surface area contributed by atoms with E-state index in [-0.39, 0.29) is 0 Å². The van der Waals surface area contributed by atoms with Crippen LogP contribution in [0.15, 0.2) is 0 Å². The monoisotopic (exact) mass is 96.1 g/mol. The van der Waals surface area contributed by atoms with E-state index < -0.39 is 0 Å². The van der Waals surface area contributed by atoms with Crippen LogP contribution < -0.4 is 0 Å². The zero-order valence-corrected chi connectivity index (χ0v) is 4.55. The van der Waals surface area contributed by atoms with Crippen molar-refractivity contribution in [2.24, 2.45) is 5.92 Å². The standard InChI is InChI=1S/C5H9BO/c1-4-2-7-3-5(4)6/h4-5H,2-3H2,1H3/t4-,5+/m0/s1. The third-order valence-electron chi connectivity index (χ3n) is 1.42. The first kappa shape index (κ1) is 5.17. The summed E-state index contributed by atoms with van der Waals surface area (Å²) in [5.74, 6) is 0.861. The highest BCUT2D eigenvalue weighted by molar-refractivity contribution is 6.12. The molecule has 0 bridgehead atoms. The Morgan fingerprint density at radius 1 is 1.57 bits per heavy atom. The van der Waals surface area contributed by atoms with Gasteiger partial charge in [-0.25, -0.2) is 0 Å². The molecule has 2 heteroatoms. The average Bonchev–Trinajstić information content (AvgIpc) is 1.91. The second-order valence-corrected chi connectivity index (χ2v) is 2.18. The summed E-state index contributed by atoms with van der Waals surface area (Å²) in [4.78, 5) is 0. The van der Waals surface area contributed by atoms with Gasteiger partial charge in [0, 0.05) is 13.2 Å². The molecule has 1 aliphatic rings. The molecule has 0 N–H and O–H groups in total. The molecule has 7 heavy (non-hydrogen) atoms. The van der Waals surface area contributed by atoms with Crippen LogP contribution in [0, 0.1) is 5.92 Å². The zero-order chi connectivity index (χ0) is 5.28. The van der Waals surface area contributed by atoms with Gasteiger partial charge < -0.3 is 4.74 Å². The van der Waals surface area contributed by atoms with Crippen LogP contribution in [-0.4, -0.2) is 21.1 Å². The van der Waals surface area contributed by atoms with Crippen LogP contribution in [0.2, 0.25) is 5.82 Å². The Morgan fingerprint density at radius 3 is 2.43 bits per heavy atom. The predicted octanol–water partition coefficient (Wildman–Crippen LogP) is 0.610. The molecule has 1 heterocycles. The summed E-state index contributed by atoms with van der Waals surface area (Å²) in [6.45, 7) is 3.71. The summed E-state index contributed by atoms with van der Waals surface area (Å²) in [5, 5.41) is 0. The summed E-state index contributed by atoms with van der Waals surface area (Å²) in [6, 6.07) is 0. The van der Waals surface area contributed by atoms with Crippen LogP contribution in [0.25, 0.3) is 0 Å². The molecule has 0 saturated carbocycles. The molecule has 0 amide bonds. The third kappa shape index (κ3) is 0.971. The molecule has 38 valence electrons. The molecule has 0 spiro atoms. The zero-order valence-electron chi connectivity index (χ0n) is 4.55. The van der Waals surface area contributed by atoms with Gasteiger partial charge in [-0.1, -0.05) is 6.92 Å². The fraction of sp³-hybridized carbons (Fsp3) is 1.00. The average molecular weight is 95.9 g/mol. The molecule has 1 nitrogen and oxygen atoms in total. The molecule has 0 aromatic heterocycles. The van der Waals surface area contributed by atoms with Gasteiger partial charge >= 0.3 is 0 Å². The van der Waals surface area contributed by atoms with Gasteiger partial charge in [-0.3, -0.25) is 0 Å². The predicted molar refractivity (Wildman–Crippen MR) is 29.5 cm³/mol. The van der Waals surface area contributed by atoms with E-state index >= 15 is 0 Å². The van der Waals surface area contributed by atoms with Crippen LogP contribution in [0.5, 0.6) is 0 Å². The smallest absolute Gasteiger partial charge is 0.0735 e. The maximum Gasteiger partial charge on any atom is 0.0735 e. The van der Waals surface area contributed by atoms with Gasteiger partial charge in [0.1, 0.15) is 0 Å². The highest BCUT2D eigenvalue weighted by Crippen LogP contribution is 2.20. The Hall–Kier alpha value is 0.0249. The molecule has 2 atom stereocenters. The lowest BCUT2D eigenvalue weighted by molar-refractivity contribution is 0.188. The van der Waals surface area contributed by atoms with Gasteiger partial charge in [0.2, 0.25) is 0 Å². The van der Waals surface area contributed by atoms with Crippen LogP contribution in [0.1, 0.15) is 6.92 Å². The maximum absolute atomic E-state index is 5.55. The Bertz CT molecular complexity index is 57.1. The molecule has 0 unspecified atom stereocenters. The molecule has 1 rings (SSSR count). The van der Waals surface area contributed by atoms with Crippen molar-refractivity contribution in [1.82, 2.24) is 0 Å². The van der Waals surface area contributed by atoms with Crippen molar-refractivity contribution >= 4 is 7.85 Å². The van der Waals surface area contributed by atoms with E-state index in [1.165, 1.54) is 0 Å². The van der Waals surface area contributed by atoms with E-state index in [9.17, 15) is 0 Å². The van der Waals surface area contributed by atoms with Gasteiger partial charge in [0.25, 0.3) is 0 Å². The first-order chi connectivity index (χ1) is 3.30. The van der Waals surface area contributed by atoms with Crippen LogP contribution >= 0.6 is 0 Å². The van der Waals surface area contributed by atoms with Crippen molar-refractivity contribution in [2.45, 2.75) is 12.7 Å². The highest BCUT2D eigenvalue weighted by Gasteiger charge is 2.17. The van der Waals surface area contributed by atoms with E-state index in [0.717, 1.165) is 13.2 Å². The minimum absolute atomic E-state index is 0.292. The summed E-state index contributed by atoms with van der Waals surface area (Å²) in [7, 11) is 5.55. The Balaban J connectivity index is 2.33. The van der Waals surface area contributed by atoms with Gasteiger partial charge in [-0.15, -0.1) is 0 Å². The fourth-order valence-electron chi connectivity index (χ4n) is 0.678. The van der Waals surface area contributed by atoms with Crippen molar-refractivity contribution in [2.75, 3.05) is 13.2 Å². The molecule has 1 aliphatic heterocycles. The minimum Gasteiger partial charge on any atom is -0.382 e. The second kappa shape index (κ2) is 1.87. The first-order valence-corrected chi connectivity index (χ1v) is 2.64. The van der Waals surface area contributed by atoms with Crippen molar-refractivity contribution in [3.63, 3.8) is 0 Å². The Kier molecular flexibility index (Phi) is 1.38. The molecule has 1 fully saturated rings. The summed E-state index contributed by atoms with van der Waals surface area (Å²) in [6.07, 6.45) is 0. The Labute approximate surface area is 45.5 Å².